The van der Waals surface area contributed by atoms with Crippen molar-refractivity contribution < 1.29 is 18.7 Å². The molecule has 0 saturated heterocycles. The van der Waals surface area contributed by atoms with Crippen LogP contribution in [0.25, 0.3) is 11.1 Å². The SMILES string of the molecule is O=C(O)c1coc2ccc(Cc3ccc(F)cc3)nc2c1=O. The number of rotatable bonds is 3. The summed E-state index contributed by atoms with van der Waals surface area (Å²) in [5.74, 6) is -1.69. The van der Waals surface area contributed by atoms with Gasteiger partial charge < -0.3 is 9.52 Å². The minimum absolute atomic E-state index is 0.0282. The highest BCUT2D eigenvalue weighted by atomic mass is 19.1. The van der Waals surface area contributed by atoms with Crippen molar-refractivity contribution in [2.24, 2.45) is 0 Å². The zero-order chi connectivity index (χ0) is 15.7. The second-order valence-electron chi connectivity index (χ2n) is 4.74. The van der Waals surface area contributed by atoms with E-state index in [1.807, 2.05) is 0 Å². The molecule has 1 N–H and O–H groups in total. The first kappa shape index (κ1) is 13.9. The molecule has 1 aromatic carbocycles. The van der Waals surface area contributed by atoms with E-state index in [2.05, 4.69) is 4.98 Å². The molecule has 2 heterocycles. The molecule has 6 heteroatoms. The molecule has 5 nitrogen and oxygen atoms in total. The molecule has 0 atom stereocenters. The normalized spacial score (nSPS) is 10.8. The number of benzene rings is 1. The van der Waals surface area contributed by atoms with Gasteiger partial charge in [-0.1, -0.05) is 12.1 Å². The van der Waals surface area contributed by atoms with Crippen LogP contribution in [0.3, 0.4) is 0 Å². The number of halogens is 1. The highest BCUT2D eigenvalue weighted by Crippen LogP contribution is 2.14. The number of carbonyl (C=O) groups is 1. The van der Waals surface area contributed by atoms with Gasteiger partial charge in [-0.05, 0) is 29.8 Å². The Morgan fingerprint density at radius 2 is 1.91 bits per heavy atom. The van der Waals surface area contributed by atoms with Crippen LogP contribution in [-0.2, 0) is 6.42 Å². The van der Waals surface area contributed by atoms with E-state index in [4.69, 9.17) is 9.52 Å². The Labute approximate surface area is 123 Å². The Hall–Kier alpha value is -3.02. The van der Waals surface area contributed by atoms with Gasteiger partial charge in [0.2, 0.25) is 5.43 Å². The number of aromatic nitrogens is 1. The van der Waals surface area contributed by atoms with Gasteiger partial charge in [-0.15, -0.1) is 0 Å². The summed E-state index contributed by atoms with van der Waals surface area (Å²) in [7, 11) is 0. The monoisotopic (exact) mass is 299 g/mol. The van der Waals surface area contributed by atoms with Crippen molar-refractivity contribution in [2.45, 2.75) is 6.42 Å². The third kappa shape index (κ3) is 2.58. The van der Waals surface area contributed by atoms with Gasteiger partial charge in [0, 0.05) is 12.1 Å². The fraction of sp³-hybridized carbons (Fsp3) is 0.0625. The van der Waals surface area contributed by atoms with Gasteiger partial charge in [0.25, 0.3) is 0 Å². The molecule has 3 aromatic rings. The minimum Gasteiger partial charge on any atom is -0.477 e. The van der Waals surface area contributed by atoms with Gasteiger partial charge in [0.05, 0.1) is 0 Å². The Morgan fingerprint density at radius 1 is 1.18 bits per heavy atom. The molecule has 0 spiro atoms. The first-order valence-corrected chi connectivity index (χ1v) is 6.44. The van der Waals surface area contributed by atoms with Gasteiger partial charge in [0.1, 0.15) is 17.6 Å². The average molecular weight is 299 g/mol. The minimum atomic E-state index is -1.36. The quantitative estimate of drug-likeness (QED) is 0.804. The molecule has 2 aromatic heterocycles. The van der Waals surface area contributed by atoms with Gasteiger partial charge in [0.15, 0.2) is 11.1 Å². The maximum absolute atomic E-state index is 12.9. The van der Waals surface area contributed by atoms with Crippen LogP contribution in [0.1, 0.15) is 21.6 Å². The zero-order valence-electron chi connectivity index (χ0n) is 11.2. The summed E-state index contributed by atoms with van der Waals surface area (Å²) in [6, 6.07) is 9.17. The highest BCUT2D eigenvalue weighted by molar-refractivity contribution is 5.90. The van der Waals surface area contributed by atoms with Gasteiger partial charge in [-0.2, -0.15) is 0 Å². The maximum atomic E-state index is 12.9. The van der Waals surface area contributed by atoms with E-state index in [0.29, 0.717) is 12.1 Å². The standard InChI is InChI=1S/C16H10FNO4/c17-10-3-1-9(2-4-10)7-11-5-6-13-14(18-11)15(19)12(8-22-13)16(20)21/h1-6,8H,7H2,(H,20,21). The van der Waals surface area contributed by atoms with E-state index in [9.17, 15) is 14.0 Å². The van der Waals surface area contributed by atoms with Crippen molar-refractivity contribution in [3.05, 3.63) is 75.5 Å². The van der Waals surface area contributed by atoms with Crippen molar-refractivity contribution in [3.63, 3.8) is 0 Å². The van der Waals surface area contributed by atoms with E-state index in [1.54, 1.807) is 24.3 Å². The van der Waals surface area contributed by atoms with E-state index in [1.165, 1.54) is 12.1 Å². The largest absolute Gasteiger partial charge is 0.477 e. The lowest BCUT2D eigenvalue weighted by atomic mass is 10.1. The molecule has 22 heavy (non-hydrogen) atoms. The van der Waals surface area contributed by atoms with Crippen LogP contribution in [-0.4, -0.2) is 16.1 Å². The van der Waals surface area contributed by atoms with Crippen LogP contribution in [0.5, 0.6) is 0 Å². The van der Waals surface area contributed by atoms with E-state index < -0.39 is 17.0 Å². The van der Waals surface area contributed by atoms with Crippen LogP contribution in [0.4, 0.5) is 4.39 Å². The Balaban J connectivity index is 2.05. The predicted octanol–water partition coefficient (Wildman–Crippen LogP) is 2.62. The summed E-state index contributed by atoms with van der Waals surface area (Å²) < 4.78 is 18.0. The smallest absolute Gasteiger partial charge is 0.342 e. The Kier molecular flexibility index (Phi) is 3.42. The number of carboxylic acid groups (broad SMARTS) is 1. The number of fused-ring (bicyclic) bond motifs is 1. The molecule has 0 aliphatic carbocycles. The fourth-order valence-corrected chi connectivity index (χ4v) is 2.11. The van der Waals surface area contributed by atoms with Crippen molar-refractivity contribution in [1.29, 1.82) is 0 Å². The second-order valence-corrected chi connectivity index (χ2v) is 4.74. The second kappa shape index (κ2) is 5.40. The number of pyridine rings is 1. The van der Waals surface area contributed by atoms with Crippen LogP contribution in [0.2, 0.25) is 0 Å². The zero-order valence-corrected chi connectivity index (χ0v) is 11.2. The first-order chi connectivity index (χ1) is 10.5. The topological polar surface area (TPSA) is 80.4 Å². The van der Waals surface area contributed by atoms with Crippen LogP contribution in [0, 0.1) is 5.82 Å². The van der Waals surface area contributed by atoms with Crippen molar-refractivity contribution >= 4 is 17.1 Å². The molecule has 0 aliphatic heterocycles. The average Bonchev–Trinajstić information content (AvgIpc) is 2.50. The molecule has 0 amide bonds. The molecular formula is C16H10FNO4. The van der Waals surface area contributed by atoms with Crippen LogP contribution < -0.4 is 5.43 Å². The van der Waals surface area contributed by atoms with Gasteiger partial charge >= 0.3 is 5.97 Å². The third-order valence-corrected chi connectivity index (χ3v) is 3.21. The third-order valence-electron chi connectivity index (χ3n) is 3.21. The molecule has 0 bridgehead atoms. The molecule has 0 fully saturated rings. The lowest BCUT2D eigenvalue weighted by Gasteiger charge is -2.03. The summed E-state index contributed by atoms with van der Waals surface area (Å²) in [6.45, 7) is 0. The number of hydrogen-bond donors (Lipinski definition) is 1. The summed E-state index contributed by atoms with van der Waals surface area (Å²) in [5, 5.41) is 8.93. The van der Waals surface area contributed by atoms with Gasteiger partial charge in [-0.25, -0.2) is 14.2 Å². The number of nitrogens with zero attached hydrogens (tertiary/aromatic N) is 1. The summed E-state index contributed by atoms with van der Waals surface area (Å²) >= 11 is 0. The van der Waals surface area contributed by atoms with E-state index >= 15 is 0 Å². The highest BCUT2D eigenvalue weighted by Gasteiger charge is 2.14. The molecule has 0 unspecified atom stereocenters. The number of carboxylic acids is 1. The van der Waals surface area contributed by atoms with Crippen molar-refractivity contribution in [3.8, 4) is 0 Å². The van der Waals surface area contributed by atoms with Crippen molar-refractivity contribution in [1.82, 2.24) is 4.98 Å². The van der Waals surface area contributed by atoms with E-state index in [0.717, 1.165) is 11.8 Å². The molecule has 3 rings (SSSR count). The molecule has 110 valence electrons. The lowest BCUT2D eigenvalue weighted by Crippen LogP contribution is -2.15. The van der Waals surface area contributed by atoms with Gasteiger partial charge in [-0.3, -0.25) is 4.79 Å². The lowest BCUT2D eigenvalue weighted by molar-refractivity contribution is 0.0693. The maximum Gasteiger partial charge on any atom is 0.342 e. The summed E-state index contributed by atoms with van der Waals surface area (Å²) in [4.78, 5) is 27.2. The molecule has 0 saturated carbocycles. The van der Waals surface area contributed by atoms with Crippen LogP contribution in [0.15, 0.2) is 51.9 Å². The van der Waals surface area contributed by atoms with Crippen LogP contribution >= 0.6 is 0 Å². The summed E-state index contributed by atoms with van der Waals surface area (Å²) in [5.41, 5.74) is 0.437. The molecule has 0 aliphatic rings. The number of aromatic carboxylic acids is 1. The van der Waals surface area contributed by atoms with Crippen molar-refractivity contribution in [2.75, 3.05) is 0 Å². The van der Waals surface area contributed by atoms with E-state index in [-0.39, 0.29) is 16.9 Å². The Morgan fingerprint density at radius 3 is 2.59 bits per heavy atom. The number of hydrogen-bond acceptors (Lipinski definition) is 4. The predicted molar refractivity (Wildman–Crippen MR) is 76.4 cm³/mol. The molecular weight excluding hydrogens is 289 g/mol. The fourth-order valence-electron chi connectivity index (χ4n) is 2.11. The first-order valence-electron chi connectivity index (χ1n) is 6.44. The molecule has 0 radical (unpaired) electrons. The Bertz CT molecular complexity index is 916. The summed E-state index contributed by atoms with van der Waals surface area (Å²) in [6.07, 6.45) is 1.31.